The lowest BCUT2D eigenvalue weighted by Crippen LogP contribution is -2.29. The van der Waals surface area contributed by atoms with Crippen LogP contribution in [0.4, 0.5) is 0 Å². The van der Waals surface area contributed by atoms with Gasteiger partial charge in [-0.15, -0.1) is 0 Å². The Labute approximate surface area is 98.4 Å². The Morgan fingerprint density at radius 2 is 1.79 bits per heavy atom. The number of rotatable bonds is 8. The maximum Gasteiger partial charge on any atom is 0.00338 e. The zero-order chi connectivity index (χ0) is 11.0. The fraction of sp³-hybridized carbons (Fsp3) is 1.00. The summed E-state index contributed by atoms with van der Waals surface area (Å²) in [6.07, 6.45) is 2.64. The first kappa shape index (κ1) is 14.4. The average molecular weight is 264 g/mol. The van der Waals surface area contributed by atoms with Crippen molar-refractivity contribution in [2.24, 2.45) is 11.8 Å². The van der Waals surface area contributed by atoms with Gasteiger partial charge in [0.15, 0.2) is 0 Å². The predicted molar refractivity (Wildman–Crippen MR) is 69.1 cm³/mol. The maximum atomic E-state index is 3.50. The van der Waals surface area contributed by atoms with E-state index in [2.05, 4.69) is 48.5 Å². The summed E-state index contributed by atoms with van der Waals surface area (Å²) in [7, 11) is 0. The quantitative estimate of drug-likeness (QED) is 0.603. The minimum absolute atomic E-state index is 0.793. The molecule has 0 aliphatic heterocycles. The van der Waals surface area contributed by atoms with Gasteiger partial charge in [0.25, 0.3) is 0 Å². The first-order valence-corrected chi connectivity index (χ1v) is 7.00. The summed E-state index contributed by atoms with van der Waals surface area (Å²) in [6.45, 7) is 12.9. The first-order valence-electron chi connectivity index (χ1n) is 5.88. The highest BCUT2D eigenvalue weighted by atomic mass is 79.9. The molecule has 14 heavy (non-hydrogen) atoms. The summed E-state index contributed by atoms with van der Waals surface area (Å²) < 4.78 is 0. The molecule has 0 radical (unpaired) electrons. The van der Waals surface area contributed by atoms with Gasteiger partial charge < -0.3 is 4.90 Å². The SMILES string of the molecule is CCN(CCC(C)CCBr)CC(C)C. The van der Waals surface area contributed by atoms with E-state index in [4.69, 9.17) is 0 Å². The van der Waals surface area contributed by atoms with Crippen molar-refractivity contribution in [1.82, 2.24) is 4.90 Å². The van der Waals surface area contributed by atoms with Crippen molar-refractivity contribution >= 4 is 15.9 Å². The van der Waals surface area contributed by atoms with Crippen LogP contribution >= 0.6 is 15.9 Å². The van der Waals surface area contributed by atoms with Crippen LogP contribution < -0.4 is 0 Å². The van der Waals surface area contributed by atoms with Crippen molar-refractivity contribution in [2.45, 2.75) is 40.5 Å². The van der Waals surface area contributed by atoms with Gasteiger partial charge in [-0.1, -0.05) is 43.6 Å². The molecular weight excluding hydrogens is 238 g/mol. The molecule has 86 valence electrons. The number of alkyl halides is 1. The fourth-order valence-electron chi connectivity index (χ4n) is 1.63. The molecule has 0 fully saturated rings. The van der Waals surface area contributed by atoms with E-state index in [9.17, 15) is 0 Å². The Hall–Kier alpha value is 0.440. The third-order valence-corrected chi connectivity index (χ3v) is 3.07. The van der Waals surface area contributed by atoms with Crippen LogP contribution in [0.25, 0.3) is 0 Å². The van der Waals surface area contributed by atoms with Gasteiger partial charge in [0.05, 0.1) is 0 Å². The van der Waals surface area contributed by atoms with E-state index in [-0.39, 0.29) is 0 Å². The first-order chi connectivity index (χ1) is 6.60. The van der Waals surface area contributed by atoms with Crippen molar-refractivity contribution in [2.75, 3.05) is 25.0 Å². The van der Waals surface area contributed by atoms with E-state index in [1.54, 1.807) is 0 Å². The van der Waals surface area contributed by atoms with E-state index >= 15 is 0 Å². The topological polar surface area (TPSA) is 3.24 Å². The van der Waals surface area contributed by atoms with Gasteiger partial charge in [-0.25, -0.2) is 0 Å². The number of hydrogen-bond acceptors (Lipinski definition) is 1. The molecule has 0 saturated carbocycles. The minimum atomic E-state index is 0.793. The summed E-state index contributed by atoms with van der Waals surface area (Å²) in [5, 5.41) is 1.14. The predicted octanol–water partition coefficient (Wildman–Crippen LogP) is 3.78. The molecule has 0 amide bonds. The second-order valence-electron chi connectivity index (χ2n) is 4.66. The van der Waals surface area contributed by atoms with Crippen molar-refractivity contribution in [3.63, 3.8) is 0 Å². The Morgan fingerprint density at radius 1 is 1.14 bits per heavy atom. The molecule has 0 aliphatic rings. The van der Waals surface area contributed by atoms with Crippen LogP contribution in [0.1, 0.15) is 40.5 Å². The second-order valence-corrected chi connectivity index (χ2v) is 5.45. The molecule has 0 aromatic heterocycles. The highest BCUT2D eigenvalue weighted by Gasteiger charge is 2.07. The van der Waals surface area contributed by atoms with Crippen LogP contribution in [-0.2, 0) is 0 Å². The highest BCUT2D eigenvalue weighted by molar-refractivity contribution is 9.09. The zero-order valence-electron chi connectivity index (χ0n) is 10.2. The zero-order valence-corrected chi connectivity index (χ0v) is 11.8. The van der Waals surface area contributed by atoms with Crippen molar-refractivity contribution < 1.29 is 0 Å². The lowest BCUT2D eigenvalue weighted by atomic mass is 10.0. The summed E-state index contributed by atoms with van der Waals surface area (Å²) >= 11 is 3.50. The van der Waals surface area contributed by atoms with Crippen LogP contribution in [0.15, 0.2) is 0 Å². The molecule has 1 atom stereocenters. The van der Waals surface area contributed by atoms with Crippen LogP contribution in [-0.4, -0.2) is 29.9 Å². The Kier molecular flexibility index (Phi) is 9.00. The van der Waals surface area contributed by atoms with Crippen LogP contribution in [0, 0.1) is 11.8 Å². The second kappa shape index (κ2) is 8.72. The monoisotopic (exact) mass is 263 g/mol. The summed E-state index contributed by atoms with van der Waals surface area (Å²) in [5.41, 5.74) is 0. The van der Waals surface area contributed by atoms with E-state index in [0.29, 0.717) is 0 Å². The van der Waals surface area contributed by atoms with Gasteiger partial charge in [-0.2, -0.15) is 0 Å². The molecule has 0 aromatic carbocycles. The normalized spacial score (nSPS) is 13.9. The molecule has 0 aliphatic carbocycles. The lowest BCUT2D eigenvalue weighted by Gasteiger charge is -2.23. The highest BCUT2D eigenvalue weighted by Crippen LogP contribution is 2.10. The third kappa shape index (κ3) is 7.81. The van der Waals surface area contributed by atoms with Gasteiger partial charge in [0.1, 0.15) is 0 Å². The fourth-order valence-corrected chi connectivity index (χ4v) is 2.41. The average Bonchev–Trinajstić information content (AvgIpc) is 2.12. The van der Waals surface area contributed by atoms with Crippen molar-refractivity contribution in [1.29, 1.82) is 0 Å². The minimum Gasteiger partial charge on any atom is -0.303 e. The largest absolute Gasteiger partial charge is 0.303 e. The lowest BCUT2D eigenvalue weighted by molar-refractivity contribution is 0.239. The molecule has 0 rings (SSSR count). The van der Waals surface area contributed by atoms with Crippen molar-refractivity contribution in [3.8, 4) is 0 Å². The Morgan fingerprint density at radius 3 is 2.21 bits per heavy atom. The van der Waals surface area contributed by atoms with E-state index in [0.717, 1.165) is 17.2 Å². The summed E-state index contributed by atoms with van der Waals surface area (Å²) in [5.74, 6) is 1.65. The van der Waals surface area contributed by atoms with Crippen molar-refractivity contribution in [3.05, 3.63) is 0 Å². The molecule has 0 heterocycles. The van der Waals surface area contributed by atoms with Crippen LogP contribution in [0.2, 0.25) is 0 Å². The molecule has 0 N–H and O–H groups in total. The molecule has 0 saturated heterocycles. The Bertz CT molecular complexity index is 125. The third-order valence-electron chi connectivity index (χ3n) is 2.61. The molecule has 1 unspecified atom stereocenters. The number of hydrogen-bond donors (Lipinski definition) is 0. The van der Waals surface area contributed by atoms with E-state index in [1.165, 1.54) is 32.5 Å². The molecular formula is C12H26BrN. The number of nitrogens with zero attached hydrogens (tertiary/aromatic N) is 1. The number of halogens is 1. The summed E-state index contributed by atoms with van der Waals surface area (Å²) in [6, 6.07) is 0. The van der Waals surface area contributed by atoms with Gasteiger partial charge in [-0.3, -0.25) is 0 Å². The molecule has 1 nitrogen and oxygen atoms in total. The molecule has 0 aromatic rings. The molecule has 2 heteroatoms. The van der Waals surface area contributed by atoms with E-state index in [1.807, 2.05) is 0 Å². The molecule has 0 spiro atoms. The smallest absolute Gasteiger partial charge is 0.00338 e. The van der Waals surface area contributed by atoms with Gasteiger partial charge in [-0.05, 0) is 37.8 Å². The van der Waals surface area contributed by atoms with Crippen LogP contribution in [0.3, 0.4) is 0 Å². The molecule has 0 bridgehead atoms. The summed E-state index contributed by atoms with van der Waals surface area (Å²) in [4.78, 5) is 2.56. The van der Waals surface area contributed by atoms with Gasteiger partial charge >= 0.3 is 0 Å². The Balaban J connectivity index is 3.60. The van der Waals surface area contributed by atoms with Gasteiger partial charge in [0.2, 0.25) is 0 Å². The maximum absolute atomic E-state index is 3.50. The van der Waals surface area contributed by atoms with E-state index < -0.39 is 0 Å². The standard InChI is InChI=1S/C12H26BrN/c1-5-14(10-11(2)3)9-7-12(4)6-8-13/h11-12H,5-10H2,1-4H3. The van der Waals surface area contributed by atoms with Gasteiger partial charge in [0, 0.05) is 11.9 Å². The van der Waals surface area contributed by atoms with Crippen LogP contribution in [0.5, 0.6) is 0 Å².